The number of hydrogen-bond donors (Lipinski definition) is 2. The monoisotopic (exact) mass is 499 g/mol. The summed E-state index contributed by atoms with van der Waals surface area (Å²) in [5.74, 6) is -0.401. The zero-order valence-corrected chi connectivity index (χ0v) is 20.7. The molecule has 0 aliphatic carbocycles. The maximum atomic E-state index is 13.3. The molecular formula is C24H36F3N5O3. The number of anilines is 2. The predicted octanol–water partition coefficient (Wildman–Crippen LogP) is 2.40. The number of alkyl halides is 3. The molecule has 2 heterocycles. The fourth-order valence-corrected chi connectivity index (χ4v) is 4.29. The lowest BCUT2D eigenvalue weighted by Crippen LogP contribution is -2.46. The second kappa shape index (κ2) is 11.6. The van der Waals surface area contributed by atoms with Crippen molar-refractivity contribution in [2.45, 2.75) is 38.9 Å². The largest absolute Gasteiger partial charge is 0.416 e. The topological polar surface area (TPSA) is 77.2 Å². The zero-order chi connectivity index (χ0) is 25.6. The molecular weight excluding hydrogens is 463 g/mol. The van der Waals surface area contributed by atoms with Crippen molar-refractivity contribution in [1.29, 1.82) is 0 Å². The van der Waals surface area contributed by atoms with Gasteiger partial charge < -0.3 is 20.3 Å². The highest BCUT2D eigenvalue weighted by Gasteiger charge is 2.32. The Labute approximate surface area is 204 Å². The molecule has 196 valence electrons. The first-order valence-electron chi connectivity index (χ1n) is 12.0. The van der Waals surface area contributed by atoms with Crippen LogP contribution in [0.4, 0.5) is 24.5 Å². The number of rotatable bonds is 6. The number of amides is 2. The van der Waals surface area contributed by atoms with E-state index in [-0.39, 0.29) is 29.6 Å². The van der Waals surface area contributed by atoms with Crippen LogP contribution in [0.15, 0.2) is 18.2 Å². The molecule has 2 saturated heterocycles. The molecule has 2 N–H and O–H groups in total. The SMILES string of the molecule is CC(C)(C)NC(=O)CN1CCCN(CC(=O)Nc2cc(C(F)(F)F)ccc2N2CCOCC2)CC1. The number of morpholine rings is 1. The summed E-state index contributed by atoms with van der Waals surface area (Å²) in [5.41, 5.74) is -0.386. The van der Waals surface area contributed by atoms with E-state index in [1.54, 1.807) is 0 Å². The molecule has 0 aromatic heterocycles. The molecule has 2 amide bonds. The number of nitrogens with one attached hydrogen (secondary N) is 2. The van der Waals surface area contributed by atoms with Gasteiger partial charge in [-0.15, -0.1) is 0 Å². The van der Waals surface area contributed by atoms with E-state index < -0.39 is 11.7 Å². The van der Waals surface area contributed by atoms with Gasteiger partial charge in [-0.2, -0.15) is 13.2 Å². The Hall–Kier alpha value is -2.37. The zero-order valence-electron chi connectivity index (χ0n) is 20.7. The lowest BCUT2D eigenvalue weighted by molar-refractivity contribution is -0.137. The van der Waals surface area contributed by atoms with Gasteiger partial charge in [0.25, 0.3) is 0 Å². The van der Waals surface area contributed by atoms with E-state index in [1.165, 1.54) is 6.07 Å². The summed E-state index contributed by atoms with van der Waals surface area (Å²) in [6.07, 6.45) is -3.71. The molecule has 0 bridgehead atoms. The third-order valence-corrected chi connectivity index (χ3v) is 5.88. The molecule has 2 fully saturated rings. The second-order valence-electron chi connectivity index (χ2n) is 10.1. The fraction of sp³-hybridized carbons (Fsp3) is 0.667. The first-order chi connectivity index (χ1) is 16.4. The third kappa shape index (κ3) is 8.66. The first kappa shape index (κ1) is 27.2. The van der Waals surface area contributed by atoms with Crippen LogP contribution in [-0.2, 0) is 20.5 Å². The van der Waals surface area contributed by atoms with Crippen LogP contribution < -0.4 is 15.5 Å². The average molecular weight is 500 g/mol. The Morgan fingerprint density at radius 3 is 2.09 bits per heavy atom. The highest BCUT2D eigenvalue weighted by atomic mass is 19.4. The quantitative estimate of drug-likeness (QED) is 0.626. The molecule has 8 nitrogen and oxygen atoms in total. The number of ether oxygens (including phenoxy) is 1. The van der Waals surface area contributed by atoms with Crippen LogP contribution >= 0.6 is 0 Å². The highest BCUT2D eigenvalue weighted by Crippen LogP contribution is 2.35. The van der Waals surface area contributed by atoms with Gasteiger partial charge in [0.15, 0.2) is 0 Å². The Bertz CT molecular complexity index is 882. The third-order valence-electron chi connectivity index (χ3n) is 5.88. The molecule has 2 aliphatic heterocycles. The van der Waals surface area contributed by atoms with Crippen LogP contribution in [0.5, 0.6) is 0 Å². The smallest absolute Gasteiger partial charge is 0.378 e. The number of carbonyl (C=O) groups is 2. The standard InChI is InChI=1S/C24H36F3N5O3/c1-23(2,3)29-22(34)17-31-8-4-7-30(9-10-31)16-21(33)28-19-15-18(24(25,26)27)5-6-20(19)32-11-13-35-14-12-32/h5-6,15H,4,7-14,16-17H2,1-3H3,(H,28,33)(H,29,34). The van der Waals surface area contributed by atoms with E-state index in [0.29, 0.717) is 58.2 Å². The van der Waals surface area contributed by atoms with Crippen LogP contribution in [0.2, 0.25) is 0 Å². The predicted molar refractivity (Wildman–Crippen MR) is 128 cm³/mol. The van der Waals surface area contributed by atoms with Gasteiger partial charge in [0.2, 0.25) is 11.8 Å². The van der Waals surface area contributed by atoms with E-state index in [9.17, 15) is 22.8 Å². The van der Waals surface area contributed by atoms with Crippen molar-refractivity contribution in [3.05, 3.63) is 23.8 Å². The van der Waals surface area contributed by atoms with E-state index >= 15 is 0 Å². The molecule has 0 radical (unpaired) electrons. The van der Waals surface area contributed by atoms with Crippen LogP contribution in [0.3, 0.4) is 0 Å². The van der Waals surface area contributed by atoms with E-state index in [1.807, 2.05) is 30.6 Å². The molecule has 0 saturated carbocycles. The van der Waals surface area contributed by atoms with Gasteiger partial charge in [-0.3, -0.25) is 19.4 Å². The van der Waals surface area contributed by atoms with Crippen molar-refractivity contribution in [1.82, 2.24) is 15.1 Å². The molecule has 3 rings (SSSR count). The van der Waals surface area contributed by atoms with E-state index in [0.717, 1.165) is 25.1 Å². The summed E-state index contributed by atoms with van der Waals surface area (Å²) in [6, 6.07) is 3.45. The van der Waals surface area contributed by atoms with Crippen molar-refractivity contribution in [2.75, 3.05) is 75.8 Å². The average Bonchev–Trinajstić information content (AvgIpc) is 2.97. The lowest BCUT2D eigenvalue weighted by Gasteiger charge is -2.31. The van der Waals surface area contributed by atoms with Crippen molar-refractivity contribution in [3.63, 3.8) is 0 Å². The van der Waals surface area contributed by atoms with Crippen molar-refractivity contribution in [2.24, 2.45) is 0 Å². The molecule has 1 aromatic carbocycles. The normalized spacial score (nSPS) is 18.7. The Morgan fingerprint density at radius 2 is 1.51 bits per heavy atom. The minimum Gasteiger partial charge on any atom is -0.378 e. The minimum absolute atomic E-state index is 0.0381. The summed E-state index contributed by atoms with van der Waals surface area (Å²) in [7, 11) is 0. The van der Waals surface area contributed by atoms with Gasteiger partial charge in [-0.25, -0.2) is 0 Å². The van der Waals surface area contributed by atoms with Crippen molar-refractivity contribution in [3.8, 4) is 0 Å². The van der Waals surface area contributed by atoms with E-state index in [4.69, 9.17) is 4.74 Å². The summed E-state index contributed by atoms with van der Waals surface area (Å²) in [4.78, 5) is 31.0. The summed E-state index contributed by atoms with van der Waals surface area (Å²) < 4.78 is 45.3. The summed E-state index contributed by atoms with van der Waals surface area (Å²) in [6.45, 7) is 10.8. The number of hydrogen-bond acceptors (Lipinski definition) is 6. The fourth-order valence-electron chi connectivity index (χ4n) is 4.29. The number of benzene rings is 1. The number of carbonyl (C=O) groups excluding carboxylic acids is 2. The second-order valence-corrected chi connectivity index (χ2v) is 10.1. The molecule has 1 aromatic rings. The molecule has 11 heteroatoms. The molecule has 0 spiro atoms. The molecule has 0 atom stereocenters. The van der Waals surface area contributed by atoms with Crippen LogP contribution in [0.1, 0.15) is 32.8 Å². The van der Waals surface area contributed by atoms with Crippen molar-refractivity contribution < 1.29 is 27.5 Å². The molecule has 2 aliphatic rings. The van der Waals surface area contributed by atoms with Crippen LogP contribution in [0, 0.1) is 0 Å². The Kier molecular flexibility index (Phi) is 9.00. The van der Waals surface area contributed by atoms with Crippen molar-refractivity contribution >= 4 is 23.2 Å². The minimum atomic E-state index is -4.50. The van der Waals surface area contributed by atoms with Gasteiger partial charge in [-0.05, 0) is 58.5 Å². The Balaban J connectivity index is 1.60. The van der Waals surface area contributed by atoms with Crippen LogP contribution in [0.25, 0.3) is 0 Å². The number of nitrogens with zero attached hydrogens (tertiary/aromatic N) is 3. The summed E-state index contributed by atoms with van der Waals surface area (Å²) >= 11 is 0. The van der Waals surface area contributed by atoms with E-state index in [2.05, 4.69) is 15.5 Å². The summed E-state index contributed by atoms with van der Waals surface area (Å²) in [5, 5.41) is 5.67. The Morgan fingerprint density at radius 1 is 0.914 bits per heavy atom. The first-order valence-corrected chi connectivity index (χ1v) is 12.0. The van der Waals surface area contributed by atoms with Crippen LogP contribution in [-0.4, -0.2) is 92.7 Å². The maximum Gasteiger partial charge on any atom is 0.416 e. The van der Waals surface area contributed by atoms with Gasteiger partial charge in [-0.1, -0.05) is 0 Å². The molecule has 35 heavy (non-hydrogen) atoms. The van der Waals surface area contributed by atoms with Gasteiger partial charge >= 0.3 is 6.18 Å². The van der Waals surface area contributed by atoms with Gasteiger partial charge in [0, 0.05) is 31.7 Å². The lowest BCUT2D eigenvalue weighted by atomic mass is 10.1. The maximum absolute atomic E-state index is 13.3. The number of halogens is 3. The van der Waals surface area contributed by atoms with Gasteiger partial charge in [0.05, 0.1) is 43.2 Å². The molecule has 0 unspecified atom stereocenters. The highest BCUT2D eigenvalue weighted by molar-refractivity contribution is 5.95. The van der Waals surface area contributed by atoms with Gasteiger partial charge in [0.1, 0.15) is 0 Å².